The van der Waals surface area contributed by atoms with E-state index in [1.54, 1.807) is 12.1 Å². The Balaban J connectivity index is 1.71. The van der Waals surface area contributed by atoms with Gasteiger partial charge in [0.05, 0.1) is 31.7 Å². The number of aromatic amines is 2. The fraction of sp³-hybridized carbons (Fsp3) is 0.472. The van der Waals surface area contributed by atoms with Gasteiger partial charge in [-0.1, -0.05) is 58.0 Å². The normalized spacial score (nSPS) is 13.4. The number of Topliss-reactive ketones (excluding diaryl/α,β-unsaturated/α-hetero) is 1. The Morgan fingerprint density at radius 1 is 0.709 bits per heavy atom. The molecule has 1 aromatic carbocycles. The Kier molecular flexibility index (Phi) is 16.6. The summed E-state index contributed by atoms with van der Waals surface area (Å²) in [6.07, 6.45) is 2.60. The lowest BCUT2D eigenvalue weighted by molar-refractivity contribution is -0.145. The summed E-state index contributed by atoms with van der Waals surface area (Å²) < 4.78 is 0. The predicted octanol–water partition coefficient (Wildman–Crippen LogP) is 0.238. The second-order valence-corrected chi connectivity index (χ2v) is 13.9. The number of carbonyl (C=O) groups is 7. The molecule has 0 bridgehead atoms. The highest BCUT2D eigenvalue weighted by Gasteiger charge is 2.30. The highest BCUT2D eigenvalue weighted by molar-refractivity contribution is 6.07. The van der Waals surface area contributed by atoms with Crippen LogP contribution in [0.3, 0.4) is 0 Å². The average Bonchev–Trinajstić information content (AvgIpc) is 3.82. The van der Waals surface area contributed by atoms with Crippen LogP contribution in [-0.4, -0.2) is 115 Å². The number of nitrogens with two attached hydrogens (primary N) is 1. The molecule has 3 aromatic rings. The molecule has 55 heavy (non-hydrogen) atoms. The quantitative estimate of drug-likeness (QED) is 0.0619. The van der Waals surface area contributed by atoms with Crippen LogP contribution in [0.4, 0.5) is 0 Å². The number of ketones is 1. The van der Waals surface area contributed by atoms with E-state index in [0.29, 0.717) is 12.8 Å². The van der Waals surface area contributed by atoms with Gasteiger partial charge in [0, 0.05) is 25.2 Å². The number of carbonyl (C=O) groups excluding carboxylic acids is 5. The minimum atomic E-state index is -1.75. The van der Waals surface area contributed by atoms with Crippen molar-refractivity contribution in [1.82, 2.24) is 46.5 Å². The lowest BCUT2D eigenvalue weighted by Gasteiger charge is -2.22. The number of nitrogens with zero attached hydrogens (tertiary/aromatic N) is 2. The van der Waals surface area contributed by atoms with Crippen LogP contribution < -0.4 is 32.3 Å². The molecule has 3 rings (SSSR count). The van der Waals surface area contributed by atoms with Gasteiger partial charge in [-0.2, -0.15) is 0 Å². The molecule has 0 aliphatic carbocycles. The van der Waals surface area contributed by atoms with Crippen molar-refractivity contribution in [3.63, 3.8) is 0 Å². The van der Waals surface area contributed by atoms with E-state index in [0.717, 1.165) is 11.9 Å². The third-order valence-electron chi connectivity index (χ3n) is 8.28. The molecule has 2 heterocycles. The number of imidazole rings is 2. The van der Waals surface area contributed by atoms with Gasteiger partial charge in [-0.15, -0.1) is 0 Å². The first-order valence-corrected chi connectivity index (χ1v) is 17.8. The fourth-order valence-electron chi connectivity index (χ4n) is 5.76. The number of aromatic nitrogens is 4. The number of hydrogen-bond donors (Lipinski definition) is 10. The highest BCUT2D eigenvalue weighted by atomic mass is 16.4. The van der Waals surface area contributed by atoms with Crippen LogP contribution in [-0.2, 0) is 20.8 Å². The van der Waals surface area contributed by atoms with Crippen molar-refractivity contribution in [3.05, 3.63) is 71.3 Å². The zero-order chi connectivity index (χ0) is 40.7. The van der Waals surface area contributed by atoms with Crippen LogP contribution in [0.5, 0.6) is 0 Å². The van der Waals surface area contributed by atoms with Crippen molar-refractivity contribution in [3.8, 4) is 0 Å². The molecular weight excluding hydrogens is 716 g/mol. The number of carboxylic acids is 2. The first kappa shape index (κ1) is 43.5. The molecule has 4 atom stereocenters. The van der Waals surface area contributed by atoms with E-state index >= 15 is 0 Å². The molecule has 19 nitrogen and oxygen atoms in total. The third kappa shape index (κ3) is 13.8. The highest BCUT2D eigenvalue weighted by Crippen LogP contribution is 2.11. The fourth-order valence-corrected chi connectivity index (χ4v) is 5.76. The summed E-state index contributed by atoms with van der Waals surface area (Å²) in [6.45, 7) is 7.90. The Morgan fingerprint density at radius 3 is 1.71 bits per heavy atom. The monoisotopic (exact) mass is 766 g/mol. The van der Waals surface area contributed by atoms with Crippen LogP contribution in [0.25, 0.3) is 0 Å². The van der Waals surface area contributed by atoms with Gasteiger partial charge in [-0.05, 0) is 36.7 Å². The van der Waals surface area contributed by atoms with Gasteiger partial charge in [0.2, 0.25) is 0 Å². The van der Waals surface area contributed by atoms with E-state index in [2.05, 4.69) is 46.5 Å². The molecule has 298 valence electrons. The standard InChI is InChI=1S/C36H50N10O9/c1-19(2)10-22(14-37)43-32(50)28-30(41-17-39-28)34(52)45-24(12-21-8-6-5-7-9-21)26(47)16-38-15-23(11-20(3)4)44-33(51)29-31(42-18-40-29)35(53)46-25(36(54)55)13-27(48)49/h5-9,17-20,22-25,38H,10-16,37H2,1-4H3,(H,39,41)(H,40,42)(H,43,50)(H,44,51)(H,45,52)(H,46,53)(H,48,49)(H,54,55)/t22-,23-,24-,25-/m0/s1. The lowest BCUT2D eigenvalue weighted by Crippen LogP contribution is -2.49. The number of nitrogens with one attached hydrogen (secondary N) is 7. The van der Waals surface area contributed by atoms with Gasteiger partial charge in [0.25, 0.3) is 23.6 Å². The molecule has 0 spiro atoms. The van der Waals surface area contributed by atoms with Crippen molar-refractivity contribution in [2.45, 2.75) is 77.5 Å². The molecular formula is C36H50N10O9. The topological polar surface area (TPSA) is 303 Å². The summed E-state index contributed by atoms with van der Waals surface area (Å²) in [5.74, 6) is -6.18. The second-order valence-electron chi connectivity index (χ2n) is 13.9. The molecule has 0 saturated heterocycles. The van der Waals surface area contributed by atoms with Crippen molar-refractivity contribution >= 4 is 41.4 Å². The lowest BCUT2D eigenvalue weighted by atomic mass is 10.0. The number of H-pyrrole nitrogens is 2. The number of amides is 4. The second kappa shape index (κ2) is 21.1. The van der Waals surface area contributed by atoms with Gasteiger partial charge >= 0.3 is 11.9 Å². The van der Waals surface area contributed by atoms with Crippen LogP contribution in [0.1, 0.15) is 94.5 Å². The summed E-state index contributed by atoms with van der Waals surface area (Å²) in [7, 11) is 0. The van der Waals surface area contributed by atoms with E-state index in [9.17, 15) is 38.7 Å². The summed E-state index contributed by atoms with van der Waals surface area (Å²) in [6, 6.07) is 5.35. The predicted molar refractivity (Wildman–Crippen MR) is 198 cm³/mol. The smallest absolute Gasteiger partial charge is 0.326 e. The molecule has 0 radical (unpaired) electrons. The summed E-state index contributed by atoms with van der Waals surface area (Å²) in [5, 5.41) is 31.7. The van der Waals surface area contributed by atoms with Gasteiger partial charge < -0.3 is 52.5 Å². The summed E-state index contributed by atoms with van der Waals surface area (Å²) in [5.41, 5.74) is 5.62. The van der Waals surface area contributed by atoms with E-state index in [-0.39, 0.29) is 66.7 Å². The van der Waals surface area contributed by atoms with Gasteiger partial charge in [-0.25, -0.2) is 14.8 Å². The third-order valence-corrected chi connectivity index (χ3v) is 8.28. The minimum absolute atomic E-state index is 0.0773. The number of benzene rings is 1. The van der Waals surface area contributed by atoms with E-state index in [1.165, 1.54) is 6.33 Å². The molecule has 0 fully saturated rings. The number of rotatable bonds is 23. The van der Waals surface area contributed by atoms with Crippen LogP contribution in [0.15, 0.2) is 43.0 Å². The molecule has 0 aliphatic heterocycles. The maximum atomic E-state index is 13.7. The van der Waals surface area contributed by atoms with Crippen LogP contribution in [0, 0.1) is 11.8 Å². The zero-order valence-electron chi connectivity index (χ0n) is 31.2. The van der Waals surface area contributed by atoms with Crippen LogP contribution in [0.2, 0.25) is 0 Å². The molecule has 19 heteroatoms. The average molecular weight is 767 g/mol. The van der Waals surface area contributed by atoms with E-state index in [4.69, 9.17) is 10.8 Å². The van der Waals surface area contributed by atoms with Crippen molar-refractivity contribution in [2.24, 2.45) is 17.6 Å². The number of aliphatic carboxylic acids is 2. The van der Waals surface area contributed by atoms with Gasteiger partial charge in [0.1, 0.15) is 17.4 Å². The summed E-state index contributed by atoms with van der Waals surface area (Å²) >= 11 is 0. The van der Waals surface area contributed by atoms with Gasteiger partial charge in [0.15, 0.2) is 17.2 Å². The molecule has 0 saturated carbocycles. The van der Waals surface area contributed by atoms with Crippen LogP contribution >= 0.6 is 0 Å². The Bertz CT molecular complexity index is 1790. The van der Waals surface area contributed by atoms with E-state index in [1.807, 2.05) is 45.9 Å². The van der Waals surface area contributed by atoms with Gasteiger partial charge in [-0.3, -0.25) is 28.8 Å². The largest absolute Gasteiger partial charge is 0.481 e. The first-order valence-electron chi connectivity index (χ1n) is 17.8. The molecule has 11 N–H and O–H groups in total. The minimum Gasteiger partial charge on any atom is -0.481 e. The Hall–Kier alpha value is -5.95. The van der Waals surface area contributed by atoms with Crippen molar-refractivity contribution < 1.29 is 43.8 Å². The zero-order valence-corrected chi connectivity index (χ0v) is 31.2. The SMILES string of the molecule is CC(C)C[C@@H](CNCC(=O)[C@H](Cc1ccccc1)NC(=O)c1[nH]cnc1C(=O)N[C@H](CN)CC(C)C)NC(=O)c1nc[nH]c1C(=O)N[C@@H](CC(=O)O)C(=O)O. The molecule has 2 aromatic heterocycles. The first-order chi connectivity index (χ1) is 26.1. The molecule has 0 aliphatic rings. The van der Waals surface area contributed by atoms with Crippen molar-refractivity contribution in [1.29, 1.82) is 0 Å². The maximum Gasteiger partial charge on any atom is 0.326 e. The van der Waals surface area contributed by atoms with E-state index < -0.39 is 65.9 Å². The number of hydrogen-bond acceptors (Lipinski definition) is 11. The van der Waals surface area contributed by atoms with Crippen molar-refractivity contribution in [2.75, 3.05) is 19.6 Å². The molecule has 0 unspecified atom stereocenters. The Morgan fingerprint density at radius 2 is 1.22 bits per heavy atom. The molecule has 4 amide bonds. The summed E-state index contributed by atoms with van der Waals surface area (Å²) in [4.78, 5) is 102. The number of carboxylic acid groups (broad SMARTS) is 2. The maximum absolute atomic E-state index is 13.7. The Labute approximate surface area is 317 Å².